The maximum absolute atomic E-state index is 12.9. The fourth-order valence-electron chi connectivity index (χ4n) is 2.45. The van der Waals surface area contributed by atoms with Crippen LogP contribution in [0.1, 0.15) is 47.2 Å². The van der Waals surface area contributed by atoms with Crippen molar-refractivity contribution in [2.45, 2.75) is 59.7 Å². The van der Waals surface area contributed by atoms with Crippen molar-refractivity contribution in [2.24, 2.45) is 0 Å². The number of anilines is 3. The van der Waals surface area contributed by atoms with Crippen molar-refractivity contribution in [3.63, 3.8) is 0 Å². The van der Waals surface area contributed by atoms with E-state index in [2.05, 4.69) is 15.3 Å². The Morgan fingerprint density at radius 3 is 2.06 bits per heavy atom. The maximum atomic E-state index is 12.9. The van der Waals surface area contributed by atoms with E-state index in [1.165, 1.54) is 6.07 Å². The van der Waals surface area contributed by atoms with E-state index in [-0.39, 0.29) is 5.82 Å². The maximum Gasteiger partial charge on any atom is 0.426 e. The molecule has 32 heavy (non-hydrogen) atoms. The number of aromatic nitrogens is 2. The molecule has 0 aliphatic heterocycles. The molecule has 0 spiro atoms. The minimum Gasteiger partial charge on any atom is -0.443 e. The molecule has 2 heterocycles. The third kappa shape index (κ3) is 6.89. The summed E-state index contributed by atoms with van der Waals surface area (Å²) in [4.78, 5) is 45.4. The van der Waals surface area contributed by atoms with Gasteiger partial charge in [0.05, 0.1) is 4.92 Å². The zero-order valence-corrected chi connectivity index (χ0v) is 19.1. The Morgan fingerprint density at radius 1 is 1.03 bits per heavy atom. The Hall–Kier alpha value is -3.76. The van der Waals surface area contributed by atoms with Crippen molar-refractivity contribution < 1.29 is 24.0 Å². The minimum atomic E-state index is -1.15. The number of hydrogen-bond donors (Lipinski definition) is 1. The highest BCUT2D eigenvalue weighted by Crippen LogP contribution is 2.31. The number of amides is 2. The molecular formula is C21H27N5O6. The number of nitrogens with one attached hydrogen (secondary N) is 1. The molecule has 11 nitrogen and oxygen atoms in total. The predicted molar refractivity (Wildman–Crippen MR) is 118 cm³/mol. The average molecular weight is 445 g/mol. The molecule has 0 saturated carbocycles. The fraction of sp³-hybridized carbons (Fsp3) is 0.429. The monoisotopic (exact) mass is 445 g/mol. The average Bonchev–Trinajstić information content (AvgIpc) is 2.58. The van der Waals surface area contributed by atoms with Crippen LogP contribution in [0.25, 0.3) is 0 Å². The molecule has 2 aromatic heterocycles. The summed E-state index contributed by atoms with van der Waals surface area (Å²) in [6.07, 6.45) is -0.726. The molecule has 1 N–H and O–H groups in total. The minimum absolute atomic E-state index is 0.160. The lowest BCUT2D eigenvalue weighted by Crippen LogP contribution is -2.44. The lowest BCUT2D eigenvalue weighted by molar-refractivity contribution is -0.384. The first-order valence-electron chi connectivity index (χ1n) is 9.77. The van der Waals surface area contributed by atoms with Gasteiger partial charge in [-0.15, -0.1) is 0 Å². The van der Waals surface area contributed by atoms with Gasteiger partial charge in [0.1, 0.15) is 17.0 Å². The van der Waals surface area contributed by atoms with Crippen LogP contribution in [0, 0.1) is 17.0 Å². The number of imide groups is 1. The highest BCUT2D eigenvalue weighted by Gasteiger charge is 2.38. The number of hydrogen-bond acceptors (Lipinski definition) is 9. The van der Waals surface area contributed by atoms with E-state index >= 15 is 0 Å². The highest BCUT2D eigenvalue weighted by molar-refractivity contribution is 6.10. The lowest BCUT2D eigenvalue weighted by atomic mass is 10.2. The van der Waals surface area contributed by atoms with Gasteiger partial charge in [-0.05, 0) is 66.7 Å². The summed E-state index contributed by atoms with van der Waals surface area (Å²) in [6, 6.07) is 5.91. The molecule has 0 bridgehead atoms. The Kier molecular flexibility index (Phi) is 7.02. The molecule has 11 heteroatoms. The van der Waals surface area contributed by atoms with Crippen molar-refractivity contribution in [1.29, 1.82) is 0 Å². The van der Waals surface area contributed by atoms with Gasteiger partial charge < -0.3 is 14.8 Å². The highest BCUT2D eigenvalue weighted by atomic mass is 16.6. The van der Waals surface area contributed by atoms with Crippen LogP contribution in [0.2, 0.25) is 0 Å². The predicted octanol–water partition coefficient (Wildman–Crippen LogP) is 5.11. The second kappa shape index (κ2) is 9.16. The number of pyridine rings is 2. The van der Waals surface area contributed by atoms with Gasteiger partial charge in [-0.3, -0.25) is 15.1 Å². The molecular weight excluding hydrogens is 418 g/mol. The van der Waals surface area contributed by atoms with E-state index in [1.54, 1.807) is 66.8 Å². The third-order valence-corrected chi connectivity index (χ3v) is 3.58. The normalized spacial score (nSPS) is 11.5. The van der Waals surface area contributed by atoms with Gasteiger partial charge in [0, 0.05) is 23.6 Å². The number of nitrogens with zero attached hydrogens (tertiary/aromatic N) is 4. The summed E-state index contributed by atoms with van der Waals surface area (Å²) in [5.41, 5.74) is -1.17. The first kappa shape index (κ1) is 24.5. The van der Waals surface area contributed by atoms with Crippen LogP contribution in [0.4, 0.5) is 32.6 Å². The van der Waals surface area contributed by atoms with Gasteiger partial charge in [0.15, 0.2) is 0 Å². The molecule has 0 saturated heterocycles. The number of nitro groups is 1. The number of rotatable bonds is 4. The van der Waals surface area contributed by atoms with Crippen LogP contribution in [-0.2, 0) is 9.47 Å². The lowest BCUT2D eigenvalue weighted by Gasteiger charge is -2.28. The Morgan fingerprint density at radius 2 is 1.59 bits per heavy atom. The smallest absolute Gasteiger partial charge is 0.426 e. The van der Waals surface area contributed by atoms with Crippen molar-refractivity contribution >= 4 is 35.2 Å². The van der Waals surface area contributed by atoms with Gasteiger partial charge in [-0.2, -0.15) is 4.90 Å². The zero-order chi connectivity index (χ0) is 24.3. The van der Waals surface area contributed by atoms with Gasteiger partial charge in [0.25, 0.3) is 0 Å². The summed E-state index contributed by atoms with van der Waals surface area (Å²) >= 11 is 0. The number of carbonyl (C=O) groups is 2. The number of carbonyl (C=O) groups excluding carboxylic acids is 2. The molecule has 0 unspecified atom stereocenters. The Labute approximate surface area is 185 Å². The van der Waals surface area contributed by atoms with Gasteiger partial charge in [-0.25, -0.2) is 14.6 Å². The standard InChI is InChI=1S/C21H27N5O6/c1-13-12-14(10-11-22-13)23-16-9-8-15(26(29)30)17(24-16)25(18(27)31-20(2,3)4)19(28)32-21(5,6)7/h8-12H,1-7H3,(H,22,23,24). The van der Waals surface area contributed by atoms with Gasteiger partial charge in [-0.1, -0.05) is 0 Å². The SMILES string of the molecule is Cc1cc(Nc2ccc([N+](=O)[O-])c(N(C(=O)OC(C)(C)C)C(=O)OC(C)(C)C)n2)ccn1. The van der Waals surface area contributed by atoms with E-state index in [9.17, 15) is 19.7 Å². The first-order chi connectivity index (χ1) is 14.7. The Balaban J connectivity index is 2.58. The van der Waals surface area contributed by atoms with Crippen LogP contribution in [0.5, 0.6) is 0 Å². The van der Waals surface area contributed by atoms with E-state index in [0.29, 0.717) is 10.6 Å². The second-order valence-corrected chi connectivity index (χ2v) is 8.90. The van der Waals surface area contributed by atoms with E-state index in [0.717, 1.165) is 11.8 Å². The van der Waals surface area contributed by atoms with Crippen molar-refractivity contribution in [1.82, 2.24) is 9.97 Å². The van der Waals surface area contributed by atoms with Crippen LogP contribution in [-0.4, -0.2) is 38.3 Å². The summed E-state index contributed by atoms with van der Waals surface area (Å²) in [5.74, 6) is -0.373. The second-order valence-electron chi connectivity index (χ2n) is 8.90. The first-order valence-corrected chi connectivity index (χ1v) is 9.77. The molecule has 0 aliphatic carbocycles. The zero-order valence-electron chi connectivity index (χ0n) is 19.1. The van der Waals surface area contributed by atoms with Crippen molar-refractivity contribution in [2.75, 3.05) is 10.2 Å². The summed E-state index contributed by atoms with van der Waals surface area (Å²) < 4.78 is 10.6. The molecule has 2 amide bonds. The quantitative estimate of drug-likeness (QED) is 0.502. The topological polar surface area (TPSA) is 137 Å². The van der Waals surface area contributed by atoms with E-state index in [4.69, 9.17) is 9.47 Å². The molecule has 0 aromatic carbocycles. The van der Waals surface area contributed by atoms with Crippen LogP contribution >= 0.6 is 0 Å². The van der Waals surface area contributed by atoms with E-state index in [1.807, 2.05) is 0 Å². The van der Waals surface area contributed by atoms with Crippen LogP contribution < -0.4 is 10.2 Å². The molecule has 2 rings (SSSR count). The molecule has 2 aromatic rings. The molecule has 172 valence electrons. The summed E-state index contributed by atoms with van der Waals surface area (Å²) in [7, 11) is 0. The van der Waals surface area contributed by atoms with Gasteiger partial charge in [0.2, 0.25) is 5.82 Å². The van der Waals surface area contributed by atoms with Crippen molar-refractivity contribution in [3.05, 3.63) is 46.3 Å². The van der Waals surface area contributed by atoms with Gasteiger partial charge >= 0.3 is 17.9 Å². The third-order valence-electron chi connectivity index (χ3n) is 3.58. The van der Waals surface area contributed by atoms with Crippen molar-refractivity contribution in [3.8, 4) is 0 Å². The molecule has 0 fully saturated rings. The number of aryl methyl sites for hydroxylation is 1. The molecule has 0 radical (unpaired) electrons. The summed E-state index contributed by atoms with van der Waals surface area (Å²) in [5, 5.41) is 14.6. The molecule has 0 atom stereocenters. The summed E-state index contributed by atoms with van der Waals surface area (Å²) in [6.45, 7) is 11.4. The largest absolute Gasteiger partial charge is 0.443 e. The van der Waals surface area contributed by atoms with Crippen LogP contribution in [0.3, 0.4) is 0 Å². The Bertz CT molecular complexity index is 998. The van der Waals surface area contributed by atoms with E-state index < -0.39 is 39.8 Å². The van der Waals surface area contributed by atoms with Crippen LogP contribution in [0.15, 0.2) is 30.5 Å². The number of ether oxygens (including phenoxy) is 2. The molecule has 0 aliphatic rings. The fourth-order valence-corrected chi connectivity index (χ4v) is 2.45.